The van der Waals surface area contributed by atoms with Crippen LogP contribution < -0.4 is 9.64 Å². The minimum absolute atomic E-state index is 0.251. The van der Waals surface area contributed by atoms with E-state index in [2.05, 4.69) is 0 Å². The molecule has 2 aromatic carbocycles. The Labute approximate surface area is 153 Å². The van der Waals surface area contributed by atoms with Gasteiger partial charge in [0.15, 0.2) is 0 Å². The second-order valence-corrected chi connectivity index (χ2v) is 6.63. The molecule has 3 rings (SSSR count). The number of amides is 2. The molecule has 0 unspecified atom stereocenters. The Morgan fingerprint density at radius 2 is 1.71 bits per heavy atom. The summed E-state index contributed by atoms with van der Waals surface area (Å²) >= 11 is 13.1. The summed E-state index contributed by atoms with van der Waals surface area (Å²) in [6.45, 7) is 0. The van der Waals surface area contributed by atoms with E-state index in [4.69, 9.17) is 27.9 Å². The molecule has 0 bridgehead atoms. The van der Waals surface area contributed by atoms with Gasteiger partial charge in [-0.25, -0.2) is 4.90 Å². The van der Waals surface area contributed by atoms with Crippen LogP contribution in [0.5, 0.6) is 5.75 Å². The maximum atomic E-state index is 12.7. The van der Waals surface area contributed by atoms with Crippen LogP contribution in [0.15, 0.2) is 47.4 Å². The number of rotatable bonds is 3. The van der Waals surface area contributed by atoms with Gasteiger partial charge in [-0.05, 0) is 42.1 Å². The molecule has 0 radical (unpaired) electrons. The third-order valence-electron chi connectivity index (χ3n) is 3.39. The van der Waals surface area contributed by atoms with E-state index in [1.165, 1.54) is 13.2 Å². The van der Waals surface area contributed by atoms with Gasteiger partial charge in [0.1, 0.15) is 5.75 Å². The number of benzene rings is 2. The molecule has 1 heterocycles. The number of ether oxygens (including phenoxy) is 1. The molecule has 1 aliphatic heterocycles. The highest BCUT2D eigenvalue weighted by atomic mass is 35.5. The summed E-state index contributed by atoms with van der Waals surface area (Å²) in [7, 11) is 1.48. The highest BCUT2D eigenvalue weighted by Crippen LogP contribution is 2.40. The fourth-order valence-electron chi connectivity index (χ4n) is 2.27. The van der Waals surface area contributed by atoms with Gasteiger partial charge in [-0.1, -0.05) is 41.4 Å². The molecule has 2 aromatic rings. The zero-order valence-electron chi connectivity index (χ0n) is 12.5. The van der Waals surface area contributed by atoms with Crippen molar-refractivity contribution in [3.63, 3.8) is 0 Å². The number of methoxy groups -OCH3 is 1. The van der Waals surface area contributed by atoms with E-state index < -0.39 is 11.1 Å². The molecule has 0 spiro atoms. The average molecular weight is 380 g/mol. The second kappa shape index (κ2) is 6.89. The lowest BCUT2D eigenvalue weighted by atomic mass is 10.2. The molecule has 0 saturated carbocycles. The van der Waals surface area contributed by atoms with E-state index in [-0.39, 0.29) is 4.91 Å². The maximum absolute atomic E-state index is 12.7. The van der Waals surface area contributed by atoms with Crippen LogP contribution >= 0.6 is 35.0 Å². The monoisotopic (exact) mass is 379 g/mol. The smallest absolute Gasteiger partial charge is 0.298 e. The van der Waals surface area contributed by atoms with Crippen molar-refractivity contribution >= 4 is 57.9 Å². The van der Waals surface area contributed by atoms with Crippen molar-refractivity contribution in [2.24, 2.45) is 0 Å². The van der Waals surface area contributed by atoms with Crippen LogP contribution in [0.25, 0.3) is 6.08 Å². The van der Waals surface area contributed by atoms with Gasteiger partial charge in [0.2, 0.25) is 0 Å². The summed E-state index contributed by atoms with van der Waals surface area (Å²) in [5.74, 6) is 0.00214. The summed E-state index contributed by atoms with van der Waals surface area (Å²) in [5, 5.41) is 0.414. The predicted molar refractivity (Wildman–Crippen MR) is 97.9 cm³/mol. The summed E-state index contributed by atoms with van der Waals surface area (Å²) in [6, 6.07) is 11.9. The number of anilines is 1. The van der Waals surface area contributed by atoms with Crippen molar-refractivity contribution < 1.29 is 14.3 Å². The number of hydrogen-bond donors (Lipinski definition) is 0. The highest BCUT2D eigenvalue weighted by Gasteiger charge is 2.37. The number of thioether (sulfide) groups is 1. The molecule has 7 heteroatoms. The van der Waals surface area contributed by atoms with E-state index in [1.807, 2.05) is 0 Å². The molecule has 1 fully saturated rings. The normalized spacial score (nSPS) is 16.1. The average Bonchev–Trinajstić information content (AvgIpc) is 2.85. The molecule has 4 nitrogen and oxygen atoms in total. The number of hydrogen-bond acceptors (Lipinski definition) is 4. The minimum atomic E-state index is -0.439. The lowest BCUT2D eigenvalue weighted by Crippen LogP contribution is -2.28. The Morgan fingerprint density at radius 3 is 2.38 bits per heavy atom. The van der Waals surface area contributed by atoms with Gasteiger partial charge >= 0.3 is 0 Å². The van der Waals surface area contributed by atoms with E-state index in [1.54, 1.807) is 42.5 Å². The number of halogens is 2. The SMILES string of the molecule is COc1ccccc1N1C(=O)SC(=Cc2c(Cl)cccc2Cl)C1=O. The van der Waals surface area contributed by atoms with Crippen LogP contribution in [-0.2, 0) is 4.79 Å². The van der Waals surface area contributed by atoms with Gasteiger partial charge in [-0.15, -0.1) is 0 Å². The van der Waals surface area contributed by atoms with Crippen LogP contribution in [-0.4, -0.2) is 18.3 Å². The molecular formula is C17H11Cl2NO3S. The number of imide groups is 1. The van der Waals surface area contributed by atoms with Gasteiger partial charge in [0, 0.05) is 15.6 Å². The zero-order chi connectivity index (χ0) is 17.3. The van der Waals surface area contributed by atoms with Crippen molar-refractivity contribution in [1.82, 2.24) is 0 Å². The van der Waals surface area contributed by atoms with Crippen molar-refractivity contribution in [2.45, 2.75) is 0 Å². The van der Waals surface area contributed by atoms with Crippen LogP contribution in [0, 0.1) is 0 Å². The Balaban J connectivity index is 2.02. The quantitative estimate of drug-likeness (QED) is 0.683. The van der Waals surface area contributed by atoms with E-state index in [0.717, 1.165) is 16.7 Å². The first-order valence-corrected chi connectivity index (χ1v) is 8.45. The van der Waals surface area contributed by atoms with Crippen molar-refractivity contribution in [1.29, 1.82) is 0 Å². The number of carbonyl (C=O) groups is 2. The van der Waals surface area contributed by atoms with Crippen LogP contribution in [0.4, 0.5) is 10.5 Å². The third-order valence-corrected chi connectivity index (χ3v) is 4.92. The topological polar surface area (TPSA) is 46.6 Å². The summed E-state index contributed by atoms with van der Waals surface area (Å²) in [5.41, 5.74) is 0.905. The van der Waals surface area contributed by atoms with Gasteiger partial charge in [0.05, 0.1) is 17.7 Å². The molecule has 1 saturated heterocycles. The largest absolute Gasteiger partial charge is 0.495 e. The Bertz CT molecular complexity index is 846. The summed E-state index contributed by atoms with van der Waals surface area (Å²) in [6.07, 6.45) is 1.53. The lowest BCUT2D eigenvalue weighted by molar-refractivity contribution is -0.113. The first kappa shape index (κ1) is 16.9. The first-order valence-electron chi connectivity index (χ1n) is 6.88. The highest BCUT2D eigenvalue weighted by molar-refractivity contribution is 8.19. The lowest BCUT2D eigenvalue weighted by Gasteiger charge is -2.15. The molecule has 2 amide bonds. The summed E-state index contributed by atoms with van der Waals surface area (Å²) < 4.78 is 5.23. The molecule has 0 N–H and O–H groups in total. The van der Waals surface area contributed by atoms with Crippen molar-refractivity contribution in [2.75, 3.05) is 12.0 Å². The van der Waals surface area contributed by atoms with E-state index in [9.17, 15) is 9.59 Å². The molecule has 0 aliphatic carbocycles. The Kier molecular flexibility index (Phi) is 4.85. The molecule has 1 aliphatic rings. The third kappa shape index (κ3) is 3.02. The van der Waals surface area contributed by atoms with Gasteiger partial charge < -0.3 is 4.74 Å². The molecular weight excluding hydrogens is 369 g/mol. The zero-order valence-corrected chi connectivity index (χ0v) is 14.8. The molecule has 0 aromatic heterocycles. The van der Waals surface area contributed by atoms with Gasteiger partial charge in [-0.3, -0.25) is 9.59 Å². The van der Waals surface area contributed by atoms with E-state index >= 15 is 0 Å². The number of carbonyl (C=O) groups excluding carboxylic acids is 2. The van der Waals surface area contributed by atoms with Crippen LogP contribution in [0.2, 0.25) is 10.0 Å². The fraction of sp³-hybridized carbons (Fsp3) is 0.0588. The standard InChI is InChI=1S/C17H11Cl2NO3S/c1-23-14-8-3-2-7-13(14)20-16(21)15(24-17(20)22)9-10-11(18)5-4-6-12(10)19/h2-9H,1H3. The number of para-hydroxylation sites is 2. The first-order chi connectivity index (χ1) is 11.5. The Hall–Kier alpha value is -1.95. The molecule has 0 atom stereocenters. The summed E-state index contributed by atoms with van der Waals surface area (Å²) in [4.78, 5) is 26.3. The number of nitrogens with zero attached hydrogens (tertiary/aromatic N) is 1. The Morgan fingerprint density at radius 1 is 1.04 bits per heavy atom. The van der Waals surface area contributed by atoms with Gasteiger partial charge in [0.25, 0.3) is 11.1 Å². The predicted octanol–water partition coefficient (Wildman–Crippen LogP) is 5.24. The fourth-order valence-corrected chi connectivity index (χ4v) is 3.59. The second-order valence-electron chi connectivity index (χ2n) is 4.82. The van der Waals surface area contributed by atoms with Crippen molar-refractivity contribution in [3.8, 4) is 5.75 Å². The van der Waals surface area contributed by atoms with Gasteiger partial charge in [-0.2, -0.15) is 0 Å². The van der Waals surface area contributed by atoms with Crippen LogP contribution in [0.3, 0.4) is 0 Å². The molecule has 122 valence electrons. The maximum Gasteiger partial charge on any atom is 0.298 e. The molecule has 24 heavy (non-hydrogen) atoms. The van der Waals surface area contributed by atoms with Crippen LogP contribution in [0.1, 0.15) is 5.56 Å². The van der Waals surface area contributed by atoms with E-state index in [0.29, 0.717) is 27.0 Å². The van der Waals surface area contributed by atoms with Crippen molar-refractivity contribution in [3.05, 3.63) is 63.0 Å². The minimum Gasteiger partial charge on any atom is -0.495 e.